The summed E-state index contributed by atoms with van der Waals surface area (Å²) in [6.07, 6.45) is 0. The number of halogens is 2. The Morgan fingerprint density at radius 3 is 2.14 bits per heavy atom. The van der Waals surface area contributed by atoms with Gasteiger partial charge in [-0.25, -0.2) is 4.99 Å². The minimum atomic E-state index is 0.695. The van der Waals surface area contributed by atoms with E-state index in [1.807, 2.05) is 59.5 Å². The molecule has 6 heteroatoms. The highest BCUT2D eigenvalue weighted by Gasteiger charge is 2.06. The summed E-state index contributed by atoms with van der Waals surface area (Å²) in [6.45, 7) is 0. The lowest BCUT2D eigenvalue weighted by Crippen LogP contribution is -1.96. The molecule has 0 saturated carbocycles. The standard InChI is InChI=1S/C15H11Cl2N3S/c1-20-14(10-2-4-11(16)5-3-10)19-15(21-20)18-13-8-6-12(17)7-9-13/h2-9H,1H3. The molecule has 0 aliphatic carbocycles. The molecule has 0 bridgehead atoms. The smallest absolute Gasteiger partial charge is 0.227 e. The molecule has 0 atom stereocenters. The van der Waals surface area contributed by atoms with E-state index in [4.69, 9.17) is 23.2 Å². The lowest BCUT2D eigenvalue weighted by atomic mass is 10.2. The van der Waals surface area contributed by atoms with Crippen molar-refractivity contribution in [3.63, 3.8) is 0 Å². The van der Waals surface area contributed by atoms with Crippen molar-refractivity contribution >= 4 is 40.4 Å². The van der Waals surface area contributed by atoms with E-state index < -0.39 is 0 Å². The normalized spacial score (nSPS) is 11.9. The molecule has 0 saturated heterocycles. The van der Waals surface area contributed by atoms with E-state index in [1.54, 1.807) is 0 Å². The molecule has 0 aliphatic rings. The van der Waals surface area contributed by atoms with Crippen molar-refractivity contribution in [1.82, 2.24) is 8.94 Å². The van der Waals surface area contributed by atoms with Crippen molar-refractivity contribution in [2.45, 2.75) is 0 Å². The first-order valence-electron chi connectivity index (χ1n) is 6.22. The van der Waals surface area contributed by atoms with Gasteiger partial charge in [0.25, 0.3) is 0 Å². The Bertz CT molecular complexity index is 817. The lowest BCUT2D eigenvalue weighted by Gasteiger charge is -1.99. The van der Waals surface area contributed by atoms with E-state index in [0.717, 1.165) is 17.1 Å². The predicted molar refractivity (Wildman–Crippen MR) is 88.2 cm³/mol. The molecular weight excluding hydrogens is 325 g/mol. The summed E-state index contributed by atoms with van der Waals surface area (Å²) >= 11 is 13.3. The first kappa shape index (κ1) is 14.3. The maximum absolute atomic E-state index is 5.91. The maximum atomic E-state index is 5.91. The minimum absolute atomic E-state index is 0.695. The Labute approximate surface area is 136 Å². The fraction of sp³-hybridized carbons (Fsp3) is 0.0667. The van der Waals surface area contributed by atoms with Crippen LogP contribution in [0.5, 0.6) is 0 Å². The Hall–Kier alpha value is -1.62. The number of benzene rings is 2. The highest BCUT2D eigenvalue weighted by molar-refractivity contribution is 7.03. The fourth-order valence-electron chi connectivity index (χ4n) is 1.86. The lowest BCUT2D eigenvalue weighted by molar-refractivity contribution is 1.00. The summed E-state index contributed by atoms with van der Waals surface area (Å²) in [4.78, 5) is 9.77. The molecular formula is C15H11Cl2N3S. The predicted octanol–water partition coefficient (Wildman–Crippen LogP) is 4.69. The Morgan fingerprint density at radius 1 is 0.952 bits per heavy atom. The molecule has 0 aliphatic heterocycles. The SMILES string of the molecule is Cn1sc(=Nc2ccc(Cl)cc2)nc1-c1ccc(Cl)cc1. The van der Waals surface area contributed by atoms with Crippen molar-refractivity contribution in [3.05, 3.63) is 63.4 Å². The summed E-state index contributed by atoms with van der Waals surface area (Å²) in [5.74, 6) is 0.865. The zero-order chi connectivity index (χ0) is 14.8. The van der Waals surface area contributed by atoms with E-state index in [0.29, 0.717) is 14.8 Å². The quantitative estimate of drug-likeness (QED) is 0.668. The average molecular weight is 336 g/mol. The van der Waals surface area contributed by atoms with Crippen molar-refractivity contribution in [2.75, 3.05) is 0 Å². The number of aryl methyl sites for hydroxylation is 1. The third-order valence-electron chi connectivity index (χ3n) is 2.87. The van der Waals surface area contributed by atoms with Crippen LogP contribution in [0.15, 0.2) is 53.5 Å². The molecule has 0 amide bonds. The molecule has 0 fully saturated rings. The van der Waals surface area contributed by atoms with Crippen LogP contribution >= 0.6 is 34.7 Å². The Balaban J connectivity index is 2.01. The second-order valence-electron chi connectivity index (χ2n) is 4.40. The van der Waals surface area contributed by atoms with Crippen molar-refractivity contribution in [1.29, 1.82) is 0 Å². The van der Waals surface area contributed by atoms with Crippen LogP contribution in [0, 0.1) is 0 Å². The van der Waals surface area contributed by atoms with Crippen LogP contribution < -0.4 is 4.80 Å². The van der Waals surface area contributed by atoms with Crippen LogP contribution in [0.3, 0.4) is 0 Å². The van der Waals surface area contributed by atoms with Gasteiger partial charge in [-0.3, -0.25) is 3.96 Å². The van der Waals surface area contributed by atoms with Gasteiger partial charge in [-0.15, -0.1) is 0 Å². The van der Waals surface area contributed by atoms with E-state index in [9.17, 15) is 0 Å². The van der Waals surface area contributed by atoms with Crippen LogP contribution in [-0.2, 0) is 7.05 Å². The van der Waals surface area contributed by atoms with Gasteiger partial charge >= 0.3 is 0 Å². The first-order valence-corrected chi connectivity index (χ1v) is 7.75. The van der Waals surface area contributed by atoms with Gasteiger partial charge in [0.05, 0.1) is 5.69 Å². The summed E-state index contributed by atoms with van der Waals surface area (Å²) in [7, 11) is 1.96. The number of hydrogen-bond donors (Lipinski definition) is 0. The molecule has 0 N–H and O–H groups in total. The highest BCUT2D eigenvalue weighted by Crippen LogP contribution is 2.20. The molecule has 0 unspecified atom stereocenters. The molecule has 3 rings (SSSR count). The molecule has 2 aromatic carbocycles. The van der Waals surface area contributed by atoms with E-state index >= 15 is 0 Å². The van der Waals surface area contributed by atoms with Crippen molar-refractivity contribution in [2.24, 2.45) is 12.0 Å². The van der Waals surface area contributed by atoms with Crippen LogP contribution in [-0.4, -0.2) is 8.94 Å². The van der Waals surface area contributed by atoms with Gasteiger partial charge < -0.3 is 0 Å². The van der Waals surface area contributed by atoms with E-state index in [1.165, 1.54) is 11.5 Å². The monoisotopic (exact) mass is 335 g/mol. The topological polar surface area (TPSA) is 30.2 Å². The second kappa shape index (κ2) is 6.02. The van der Waals surface area contributed by atoms with Crippen molar-refractivity contribution < 1.29 is 0 Å². The molecule has 1 heterocycles. The van der Waals surface area contributed by atoms with E-state index in [2.05, 4.69) is 9.98 Å². The zero-order valence-corrected chi connectivity index (χ0v) is 13.5. The number of aromatic nitrogens is 2. The largest absolute Gasteiger partial charge is 0.281 e. The van der Waals surface area contributed by atoms with Crippen LogP contribution in [0.2, 0.25) is 10.0 Å². The minimum Gasteiger partial charge on any atom is -0.281 e. The molecule has 21 heavy (non-hydrogen) atoms. The average Bonchev–Trinajstić information content (AvgIpc) is 2.83. The Morgan fingerprint density at radius 2 is 1.52 bits per heavy atom. The van der Waals surface area contributed by atoms with Gasteiger partial charge in [-0.1, -0.05) is 23.2 Å². The first-order chi connectivity index (χ1) is 10.1. The summed E-state index contributed by atoms with van der Waals surface area (Å²) in [5, 5.41) is 1.41. The zero-order valence-electron chi connectivity index (χ0n) is 11.1. The van der Waals surface area contributed by atoms with Crippen LogP contribution in [0.1, 0.15) is 0 Å². The van der Waals surface area contributed by atoms with Crippen LogP contribution in [0.25, 0.3) is 11.4 Å². The molecule has 106 valence electrons. The summed E-state index contributed by atoms with van der Waals surface area (Å²) in [5.41, 5.74) is 1.84. The third-order valence-corrected chi connectivity index (χ3v) is 4.17. The summed E-state index contributed by atoms with van der Waals surface area (Å²) < 4.78 is 1.98. The maximum Gasteiger partial charge on any atom is 0.227 e. The van der Waals surface area contributed by atoms with Crippen molar-refractivity contribution in [3.8, 4) is 11.4 Å². The highest BCUT2D eigenvalue weighted by atomic mass is 35.5. The van der Waals surface area contributed by atoms with Gasteiger partial charge in [0, 0.05) is 22.7 Å². The van der Waals surface area contributed by atoms with Gasteiger partial charge in [-0.2, -0.15) is 4.98 Å². The van der Waals surface area contributed by atoms with Gasteiger partial charge in [-0.05, 0) is 60.1 Å². The third kappa shape index (κ3) is 3.35. The van der Waals surface area contributed by atoms with E-state index in [-0.39, 0.29) is 0 Å². The summed E-state index contributed by atoms with van der Waals surface area (Å²) in [6, 6.07) is 15.0. The van der Waals surface area contributed by atoms with Gasteiger partial charge in [0.15, 0.2) is 5.82 Å². The number of hydrogen-bond acceptors (Lipinski definition) is 3. The second-order valence-corrected chi connectivity index (χ2v) is 6.37. The molecule has 3 aromatic rings. The Kier molecular flexibility index (Phi) is 4.10. The molecule has 0 spiro atoms. The fourth-order valence-corrected chi connectivity index (χ4v) is 2.87. The molecule has 3 nitrogen and oxygen atoms in total. The van der Waals surface area contributed by atoms with Crippen LogP contribution in [0.4, 0.5) is 5.69 Å². The molecule has 0 radical (unpaired) electrons. The number of nitrogens with zero attached hydrogens (tertiary/aromatic N) is 3. The number of rotatable bonds is 2. The molecule has 1 aromatic heterocycles. The van der Waals surface area contributed by atoms with Gasteiger partial charge in [0.2, 0.25) is 4.80 Å². The van der Waals surface area contributed by atoms with Gasteiger partial charge in [0.1, 0.15) is 0 Å².